The zero-order valence-corrected chi connectivity index (χ0v) is 12.6. The monoisotopic (exact) mass is 296 g/mol. The highest BCUT2D eigenvalue weighted by Gasteiger charge is 2.10. The zero-order chi connectivity index (χ0) is 14.7. The first-order valence-electron chi connectivity index (χ1n) is 6.70. The zero-order valence-electron chi connectivity index (χ0n) is 11.7. The summed E-state index contributed by atoms with van der Waals surface area (Å²) in [6, 6.07) is 16.1. The Morgan fingerprint density at radius 3 is 2.57 bits per heavy atom. The summed E-state index contributed by atoms with van der Waals surface area (Å²) in [4.78, 5) is 4.72. The van der Waals surface area contributed by atoms with Crippen LogP contribution in [-0.4, -0.2) is 12.1 Å². The standard InChI is InChI=1S/C17H16N2OS/c1-20-16-5-3-2-4-14(16)17-19-15(11-21-17)13-8-6-12(10-18)7-9-13/h2-9,11H,10,18H2,1H3. The highest BCUT2D eigenvalue weighted by Crippen LogP contribution is 2.34. The molecule has 2 aromatic carbocycles. The van der Waals surface area contributed by atoms with Gasteiger partial charge in [-0.2, -0.15) is 0 Å². The first-order valence-corrected chi connectivity index (χ1v) is 7.58. The summed E-state index contributed by atoms with van der Waals surface area (Å²) in [5.74, 6) is 0.844. The molecule has 0 saturated heterocycles. The summed E-state index contributed by atoms with van der Waals surface area (Å²) >= 11 is 1.62. The number of methoxy groups -OCH3 is 1. The third kappa shape index (κ3) is 2.82. The summed E-state index contributed by atoms with van der Waals surface area (Å²) < 4.78 is 5.40. The molecule has 0 amide bonds. The van der Waals surface area contributed by atoms with E-state index in [9.17, 15) is 0 Å². The molecule has 3 aromatic rings. The van der Waals surface area contributed by atoms with Crippen molar-refractivity contribution in [2.24, 2.45) is 5.73 Å². The van der Waals surface area contributed by atoms with E-state index in [0.29, 0.717) is 6.54 Å². The lowest BCUT2D eigenvalue weighted by Gasteiger charge is -2.04. The van der Waals surface area contributed by atoms with Gasteiger partial charge in [-0.1, -0.05) is 36.4 Å². The molecule has 0 bridgehead atoms. The molecule has 0 atom stereocenters. The largest absolute Gasteiger partial charge is 0.496 e. The van der Waals surface area contributed by atoms with E-state index >= 15 is 0 Å². The van der Waals surface area contributed by atoms with Crippen molar-refractivity contribution in [3.63, 3.8) is 0 Å². The fourth-order valence-electron chi connectivity index (χ4n) is 2.16. The van der Waals surface area contributed by atoms with Gasteiger partial charge in [0.25, 0.3) is 0 Å². The molecule has 3 rings (SSSR count). The Labute approximate surface area is 128 Å². The van der Waals surface area contributed by atoms with Gasteiger partial charge in [0.1, 0.15) is 10.8 Å². The number of hydrogen-bond acceptors (Lipinski definition) is 4. The molecule has 4 heteroatoms. The molecule has 0 aliphatic rings. The van der Waals surface area contributed by atoms with Crippen molar-refractivity contribution in [1.82, 2.24) is 4.98 Å². The third-order valence-electron chi connectivity index (χ3n) is 3.33. The minimum absolute atomic E-state index is 0.559. The Morgan fingerprint density at radius 2 is 1.86 bits per heavy atom. The highest BCUT2D eigenvalue weighted by molar-refractivity contribution is 7.13. The number of rotatable bonds is 4. The van der Waals surface area contributed by atoms with Crippen molar-refractivity contribution >= 4 is 11.3 Å². The van der Waals surface area contributed by atoms with E-state index in [1.54, 1.807) is 18.4 Å². The van der Waals surface area contributed by atoms with Crippen LogP contribution in [0.4, 0.5) is 0 Å². The van der Waals surface area contributed by atoms with Crippen molar-refractivity contribution in [2.75, 3.05) is 7.11 Å². The minimum atomic E-state index is 0.559. The van der Waals surface area contributed by atoms with E-state index in [1.807, 2.05) is 36.4 Å². The van der Waals surface area contributed by atoms with Crippen LogP contribution in [0.2, 0.25) is 0 Å². The second kappa shape index (κ2) is 6.08. The van der Waals surface area contributed by atoms with Crippen LogP contribution in [0.5, 0.6) is 5.75 Å². The SMILES string of the molecule is COc1ccccc1-c1nc(-c2ccc(CN)cc2)cs1. The lowest BCUT2D eigenvalue weighted by Crippen LogP contribution is -1.95. The fourth-order valence-corrected chi connectivity index (χ4v) is 3.02. The molecule has 2 N–H and O–H groups in total. The van der Waals surface area contributed by atoms with Crippen molar-refractivity contribution in [2.45, 2.75) is 6.54 Å². The van der Waals surface area contributed by atoms with Crippen LogP contribution in [0.25, 0.3) is 21.8 Å². The van der Waals surface area contributed by atoms with Gasteiger partial charge in [0.15, 0.2) is 0 Å². The molecule has 106 valence electrons. The smallest absolute Gasteiger partial charge is 0.129 e. The average Bonchev–Trinajstić information content (AvgIpc) is 3.04. The maximum Gasteiger partial charge on any atom is 0.129 e. The van der Waals surface area contributed by atoms with Crippen molar-refractivity contribution in [3.8, 4) is 27.6 Å². The molecule has 0 spiro atoms. The highest BCUT2D eigenvalue weighted by atomic mass is 32.1. The number of aromatic nitrogens is 1. The Hall–Kier alpha value is -2.17. The predicted octanol–water partition coefficient (Wildman–Crippen LogP) is 3.94. The van der Waals surface area contributed by atoms with Crippen molar-refractivity contribution < 1.29 is 4.74 Å². The van der Waals surface area contributed by atoms with Gasteiger partial charge < -0.3 is 10.5 Å². The van der Waals surface area contributed by atoms with Crippen LogP contribution in [0.1, 0.15) is 5.56 Å². The maximum absolute atomic E-state index is 5.62. The van der Waals surface area contributed by atoms with Crippen LogP contribution in [0, 0.1) is 0 Å². The Bertz CT molecular complexity index is 735. The van der Waals surface area contributed by atoms with Crippen LogP contribution < -0.4 is 10.5 Å². The first-order chi connectivity index (χ1) is 10.3. The third-order valence-corrected chi connectivity index (χ3v) is 4.20. The Morgan fingerprint density at radius 1 is 1.10 bits per heavy atom. The second-order valence-corrected chi connectivity index (χ2v) is 5.50. The molecule has 3 nitrogen and oxygen atoms in total. The number of nitrogens with zero attached hydrogens (tertiary/aromatic N) is 1. The van der Waals surface area contributed by atoms with Crippen LogP contribution in [0.3, 0.4) is 0 Å². The fraction of sp³-hybridized carbons (Fsp3) is 0.118. The second-order valence-electron chi connectivity index (χ2n) is 4.64. The molecular weight excluding hydrogens is 280 g/mol. The predicted molar refractivity (Wildman–Crippen MR) is 87.4 cm³/mol. The van der Waals surface area contributed by atoms with E-state index in [2.05, 4.69) is 17.5 Å². The average molecular weight is 296 g/mol. The molecule has 1 aromatic heterocycles. The number of para-hydroxylation sites is 1. The summed E-state index contributed by atoms with van der Waals surface area (Å²) in [7, 11) is 1.68. The number of thiazole rings is 1. The van der Waals surface area contributed by atoms with E-state index < -0.39 is 0 Å². The van der Waals surface area contributed by atoms with E-state index in [0.717, 1.165) is 33.1 Å². The van der Waals surface area contributed by atoms with Crippen LogP contribution >= 0.6 is 11.3 Å². The van der Waals surface area contributed by atoms with E-state index in [1.165, 1.54) is 0 Å². The minimum Gasteiger partial charge on any atom is -0.496 e. The Balaban J connectivity index is 1.95. The van der Waals surface area contributed by atoms with E-state index in [-0.39, 0.29) is 0 Å². The van der Waals surface area contributed by atoms with Gasteiger partial charge in [-0.25, -0.2) is 4.98 Å². The van der Waals surface area contributed by atoms with Gasteiger partial charge in [0, 0.05) is 17.5 Å². The molecule has 0 aliphatic carbocycles. The van der Waals surface area contributed by atoms with Gasteiger partial charge in [-0.3, -0.25) is 0 Å². The quantitative estimate of drug-likeness (QED) is 0.793. The summed E-state index contributed by atoms with van der Waals surface area (Å²) in [6.07, 6.45) is 0. The number of nitrogens with two attached hydrogens (primary N) is 1. The molecule has 1 heterocycles. The topological polar surface area (TPSA) is 48.1 Å². The lowest BCUT2D eigenvalue weighted by molar-refractivity contribution is 0.416. The molecule has 0 saturated carbocycles. The van der Waals surface area contributed by atoms with Gasteiger partial charge in [-0.05, 0) is 17.7 Å². The number of benzene rings is 2. The van der Waals surface area contributed by atoms with Gasteiger partial charge in [0.2, 0.25) is 0 Å². The van der Waals surface area contributed by atoms with Gasteiger partial charge >= 0.3 is 0 Å². The van der Waals surface area contributed by atoms with Gasteiger partial charge in [-0.15, -0.1) is 11.3 Å². The molecule has 0 fully saturated rings. The molecule has 21 heavy (non-hydrogen) atoms. The lowest BCUT2D eigenvalue weighted by atomic mass is 10.1. The molecule has 0 radical (unpaired) electrons. The van der Waals surface area contributed by atoms with Gasteiger partial charge in [0.05, 0.1) is 18.4 Å². The van der Waals surface area contributed by atoms with Crippen molar-refractivity contribution in [3.05, 3.63) is 59.5 Å². The van der Waals surface area contributed by atoms with Crippen LogP contribution in [-0.2, 0) is 6.54 Å². The number of ether oxygens (including phenoxy) is 1. The maximum atomic E-state index is 5.62. The summed E-state index contributed by atoms with van der Waals surface area (Å²) in [5.41, 5.74) is 9.85. The van der Waals surface area contributed by atoms with Crippen LogP contribution in [0.15, 0.2) is 53.9 Å². The molecule has 0 unspecified atom stereocenters. The number of hydrogen-bond donors (Lipinski definition) is 1. The summed E-state index contributed by atoms with van der Waals surface area (Å²) in [5, 5.41) is 3.03. The molecule has 0 aliphatic heterocycles. The summed E-state index contributed by atoms with van der Waals surface area (Å²) in [6.45, 7) is 0.559. The normalized spacial score (nSPS) is 10.6. The van der Waals surface area contributed by atoms with Crippen molar-refractivity contribution in [1.29, 1.82) is 0 Å². The van der Waals surface area contributed by atoms with E-state index in [4.69, 9.17) is 15.5 Å². The molecular formula is C17H16N2OS. The Kier molecular flexibility index (Phi) is 3.99. The first kappa shape index (κ1) is 13.8.